The molecule has 1 aromatic heterocycles. The molecule has 0 saturated heterocycles. The minimum Gasteiger partial charge on any atom is -0.338 e. The molecule has 0 amide bonds. The highest BCUT2D eigenvalue weighted by Crippen LogP contribution is 2.29. The van der Waals surface area contributed by atoms with Gasteiger partial charge in [-0.3, -0.25) is 0 Å². The first-order valence-electron chi connectivity index (χ1n) is 5.21. The molecule has 2 aromatic rings. The molecule has 0 aliphatic heterocycles. The molecule has 4 heteroatoms. The molecule has 0 unspecified atom stereocenters. The van der Waals surface area contributed by atoms with Crippen LogP contribution in [0.3, 0.4) is 0 Å². The maximum atomic E-state index is 6.12. The van der Waals surface area contributed by atoms with Gasteiger partial charge in [-0.2, -0.15) is 0 Å². The average Bonchev–Trinajstić information content (AvgIpc) is 2.27. The van der Waals surface area contributed by atoms with Crippen LogP contribution in [0.15, 0.2) is 34.9 Å². The minimum absolute atomic E-state index is 0.685. The molecule has 0 aliphatic rings. The van der Waals surface area contributed by atoms with Gasteiger partial charge in [0.1, 0.15) is 5.82 Å². The van der Waals surface area contributed by atoms with Crippen LogP contribution in [0.1, 0.15) is 11.1 Å². The molecular weight excluding hydrogens is 300 g/mol. The fourth-order valence-corrected chi connectivity index (χ4v) is 2.22. The van der Waals surface area contributed by atoms with Gasteiger partial charge in [0.25, 0.3) is 0 Å². The zero-order valence-electron chi connectivity index (χ0n) is 9.59. The normalized spacial score (nSPS) is 10.4. The maximum Gasteiger partial charge on any atom is 0.144 e. The van der Waals surface area contributed by atoms with Crippen molar-refractivity contribution >= 4 is 39.0 Å². The van der Waals surface area contributed by atoms with Crippen LogP contribution in [-0.4, -0.2) is 4.98 Å². The van der Waals surface area contributed by atoms with Gasteiger partial charge in [-0.1, -0.05) is 17.7 Å². The van der Waals surface area contributed by atoms with Crippen molar-refractivity contribution < 1.29 is 0 Å². The summed E-state index contributed by atoms with van der Waals surface area (Å²) >= 11 is 9.60. The van der Waals surface area contributed by atoms with Crippen LogP contribution in [0, 0.1) is 13.8 Å². The van der Waals surface area contributed by atoms with Gasteiger partial charge in [-0.15, -0.1) is 0 Å². The van der Waals surface area contributed by atoms with Crippen molar-refractivity contribution in [3.8, 4) is 0 Å². The second-order valence-electron chi connectivity index (χ2n) is 3.95. The lowest BCUT2D eigenvalue weighted by atomic mass is 10.2. The van der Waals surface area contributed by atoms with Gasteiger partial charge < -0.3 is 5.32 Å². The molecule has 17 heavy (non-hydrogen) atoms. The number of rotatable bonds is 2. The molecule has 0 atom stereocenters. The van der Waals surface area contributed by atoms with Crippen molar-refractivity contribution in [2.24, 2.45) is 0 Å². The van der Waals surface area contributed by atoms with E-state index in [2.05, 4.69) is 26.2 Å². The molecule has 2 rings (SSSR count). The topological polar surface area (TPSA) is 24.9 Å². The number of pyridine rings is 1. The number of aromatic nitrogens is 1. The number of halogens is 2. The summed E-state index contributed by atoms with van der Waals surface area (Å²) in [4.78, 5) is 4.33. The highest BCUT2D eigenvalue weighted by molar-refractivity contribution is 9.10. The number of hydrogen-bond donors (Lipinski definition) is 1. The van der Waals surface area contributed by atoms with Crippen molar-refractivity contribution in [3.63, 3.8) is 0 Å². The first kappa shape index (κ1) is 12.4. The Bertz CT molecular complexity index is 555. The second kappa shape index (κ2) is 5.07. The Balaban J connectivity index is 2.34. The molecule has 1 N–H and O–H groups in total. The van der Waals surface area contributed by atoms with Crippen molar-refractivity contribution in [1.82, 2.24) is 4.98 Å². The Labute approximate surface area is 114 Å². The Morgan fingerprint density at radius 3 is 2.65 bits per heavy atom. The lowest BCUT2D eigenvalue weighted by molar-refractivity contribution is 1.24. The molecular formula is C13H12BrClN2. The minimum atomic E-state index is 0.685. The molecule has 0 spiro atoms. The number of aryl methyl sites for hydroxylation is 2. The fourth-order valence-electron chi connectivity index (χ4n) is 1.49. The molecule has 1 heterocycles. The van der Waals surface area contributed by atoms with E-state index < -0.39 is 0 Å². The molecule has 0 bridgehead atoms. The quantitative estimate of drug-likeness (QED) is 0.857. The Hall–Kier alpha value is -1.06. The van der Waals surface area contributed by atoms with Crippen molar-refractivity contribution in [1.29, 1.82) is 0 Å². The van der Waals surface area contributed by atoms with Gasteiger partial charge in [0.2, 0.25) is 0 Å². The first-order valence-corrected chi connectivity index (χ1v) is 6.38. The molecule has 0 saturated carbocycles. The van der Waals surface area contributed by atoms with Crippen LogP contribution in [0.4, 0.5) is 11.5 Å². The van der Waals surface area contributed by atoms with Crippen LogP contribution in [-0.2, 0) is 0 Å². The molecule has 0 aliphatic carbocycles. The number of anilines is 2. The number of nitrogens with zero attached hydrogens (tertiary/aromatic N) is 1. The molecule has 88 valence electrons. The molecule has 0 fully saturated rings. The summed E-state index contributed by atoms with van der Waals surface area (Å²) in [5.41, 5.74) is 3.13. The monoisotopic (exact) mass is 310 g/mol. The van der Waals surface area contributed by atoms with Crippen LogP contribution < -0.4 is 5.32 Å². The smallest absolute Gasteiger partial charge is 0.144 e. The van der Waals surface area contributed by atoms with Gasteiger partial charge >= 0.3 is 0 Å². The summed E-state index contributed by atoms with van der Waals surface area (Å²) in [5.74, 6) is 0.767. The third-order valence-corrected chi connectivity index (χ3v) is 3.29. The highest BCUT2D eigenvalue weighted by Gasteiger charge is 2.05. The third kappa shape index (κ3) is 2.99. The number of nitrogens with one attached hydrogen (secondary N) is 1. The summed E-state index contributed by atoms with van der Waals surface area (Å²) < 4.78 is 0.926. The van der Waals surface area contributed by atoms with Gasteiger partial charge in [-0.05, 0) is 59.1 Å². The van der Waals surface area contributed by atoms with Crippen LogP contribution in [0.5, 0.6) is 0 Å². The standard InChI is InChI=1S/C13H12BrClN2/c1-8-3-4-11(15)12(6-8)17-13-10(14)5-9(2)7-16-13/h3-7H,1-2H3,(H,16,17). The van der Waals surface area contributed by atoms with Crippen molar-refractivity contribution in [2.75, 3.05) is 5.32 Å². The lowest BCUT2D eigenvalue weighted by Gasteiger charge is -2.10. The van der Waals surface area contributed by atoms with E-state index in [4.69, 9.17) is 11.6 Å². The lowest BCUT2D eigenvalue weighted by Crippen LogP contribution is -1.96. The van der Waals surface area contributed by atoms with E-state index >= 15 is 0 Å². The van der Waals surface area contributed by atoms with Gasteiger partial charge in [0.05, 0.1) is 15.2 Å². The number of benzene rings is 1. The maximum absolute atomic E-state index is 6.12. The largest absolute Gasteiger partial charge is 0.338 e. The van der Waals surface area contributed by atoms with E-state index in [-0.39, 0.29) is 0 Å². The van der Waals surface area contributed by atoms with Crippen LogP contribution >= 0.6 is 27.5 Å². The zero-order chi connectivity index (χ0) is 12.4. The third-order valence-electron chi connectivity index (χ3n) is 2.35. The second-order valence-corrected chi connectivity index (χ2v) is 5.21. The zero-order valence-corrected chi connectivity index (χ0v) is 11.9. The SMILES string of the molecule is Cc1cnc(Nc2cc(C)ccc2Cl)c(Br)c1. The Morgan fingerprint density at radius 1 is 1.18 bits per heavy atom. The first-order chi connectivity index (χ1) is 8.06. The van der Waals surface area contributed by atoms with Gasteiger partial charge in [-0.25, -0.2) is 4.98 Å². The van der Waals surface area contributed by atoms with Crippen molar-refractivity contribution in [2.45, 2.75) is 13.8 Å². The molecule has 0 radical (unpaired) electrons. The summed E-state index contributed by atoms with van der Waals surface area (Å²) in [6, 6.07) is 7.86. The van der Waals surface area contributed by atoms with E-state index in [1.165, 1.54) is 0 Å². The van der Waals surface area contributed by atoms with Crippen LogP contribution in [0.2, 0.25) is 5.02 Å². The predicted octanol–water partition coefficient (Wildman–Crippen LogP) is 4.86. The van der Waals surface area contributed by atoms with Crippen molar-refractivity contribution in [3.05, 3.63) is 51.1 Å². The van der Waals surface area contributed by atoms with Gasteiger partial charge in [0, 0.05) is 6.20 Å². The van der Waals surface area contributed by atoms with E-state index in [0.29, 0.717) is 5.02 Å². The van der Waals surface area contributed by atoms with E-state index in [1.807, 2.05) is 44.3 Å². The van der Waals surface area contributed by atoms with Crippen LogP contribution in [0.25, 0.3) is 0 Å². The van der Waals surface area contributed by atoms with E-state index in [0.717, 1.165) is 27.1 Å². The Morgan fingerprint density at radius 2 is 1.94 bits per heavy atom. The Kier molecular flexibility index (Phi) is 3.69. The average molecular weight is 312 g/mol. The summed E-state index contributed by atoms with van der Waals surface area (Å²) in [7, 11) is 0. The number of hydrogen-bond acceptors (Lipinski definition) is 2. The summed E-state index contributed by atoms with van der Waals surface area (Å²) in [5, 5.41) is 3.90. The fraction of sp³-hybridized carbons (Fsp3) is 0.154. The summed E-state index contributed by atoms with van der Waals surface area (Å²) in [6.45, 7) is 4.03. The van der Waals surface area contributed by atoms with E-state index in [1.54, 1.807) is 0 Å². The summed E-state index contributed by atoms with van der Waals surface area (Å²) in [6.07, 6.45) is 1.82. The van der Waals surface area contributed by atoms with E-state index in [9.17, 15) is 0 Å². The molecule has 1 aromatic carbocycles. The predicted molar refractivity (Wildman–Crippen MR) is 76.1 cm³/mol. The molecule has 2 nitrogen and oxygen atoms in total. The highest BCUT2D eigenvalue weighted by atomic mass is 79.9. The van der Waals surface area contributed by atoms with Gasteiger partial charge in [0.15, 0.2) is 0 Å².